The van der Waals surface area contributed by atoms with Gasteiger partial charge in [0.25, 0.3) is 0 Å². The molecule has 0 spiro atoms. The Morgan fingerprint density at radius 1 is 1.16 bits per heavy atom. The number of benzene rings is 2. The zero-order chi connectivity index (χ0) is 18.0. The molecular formula is C18H16F3NO3. The predicted molar refractivity (Wildman–Crippen MR) is 83.9 cm³/mol. The number of nitrogens with zero attached hydrogens (tertiary/aromatic N) is 1. The van der Waals surface area contributed by atoms with Crippen LogP contribution < -0.4 is 0 Å². The van der Waals surface area contributed by atoms with E-state index in [9.17, 15) is 23.1 Å². The maximum absolute atomic E-state index is 12.6. The largest absolute Gasteiger partial charge is 0.465 e. The van der Waals surface area contributed by atoms with E-state index in [0.717, 1.165) is 23.3 Å². The summed E-state index contributed by atoms with van der Waals surface area (Å²) < 4.78 is 43.6. The molecule has 0 bridgehead atoms. The molecule has 7 heteroatoms. The number of ether oxygens (including phenoxy) is 1. The SMILES string of the molecule is O=C(O)N1CCc2ccccc2C1OCc1ccc(C(F)(F)F)cc1. The smallest absolute Gasteiger partial charge is 0.416 e. The summed E-state index contributed by atoms with van der Waals surface area (Å²) in [7, 11) is 0. The van der Waals surface area contributed by atoms with Crippen LogP contribution in [0, 0.1) is 0 Å². The minimum atomic E-state index is -4.39. The summed E-state index contributed by atoms with van der Waals surface area (Å²) in [5.41, 5.74) is 1.59. The third-order valence-electron chi connectivity index (χ3n) is 4.16. The fourth-order valence-corrected chi connectivity index (χ4v) is 2.87. The molecule has 1 aliphatic rings. The summed E-state index contributed by atoms with van der Waals surface area (Å²) >= 11 is 0. The molecule has 3 rings (SSSR count). The van der Waals surface area contributed by atoms with E-state index < -0.39 is 24.1 Å². The van der Waals surface area contributed by atoms with Crippen molar-refractivity contribution in [2.75, 3.05) is 6.54 Å². The highest BCUT2D eigenvalue weighted by Crippen LogP contribution is 2.32. The highest BCUT2D eigenvalue weighted by atomic mass is 19.4. The first kappa shape index (κ1) is 17.3. The Labute approximate surface area is 142 Å². The third-order valence-corrected chi connectivity index (χ3v) is 4.16. The molecule has 0 fully saturated rings. The van der Waals surface area contributed by atoms with E-state index in [1.807, 2.05) is 18.2 Å². The molecule has 1 atom stereocenters. The molecule has 2 aromatic carbocycles. The Bertz CT molecular complexity index is 759. The first-order valence-electron chi connectivity index (χ1n) is 7.71. The van der Waals surface area contributed by atoms with Gasteiger partial charge in [-0.25, -0.2) is 4.79 Å². The van der Waals surface area contributed by atoms with Crippen molar-refractivity contribution in [3.63, 3.8) is 0 Å². The maximum atomic E-state index is 12.6. The molecule has 1 aliphatic heterocycles. The summed E-state index contributed by atoms with van der Waals surface area (Å²) in [4.78, 5) is 12.7. The van der Waals surface area contributed by atoms with Crippen LogP contribution in [-0.2, 0) is 23.9 Å². The van der Waals surface area contributed by atoms with Gasteiger partial charge < -0.3 is 9.84 Å². The molecule has 4 nitrogen and oxygen atoms in total. The molecule has 0 aliphatic carbocycles. The van der Waals surface area contributed by atoms with Crippen LogP contribution in [0.25, 0.3) is 0 Å². The number of hydrogen-bond donors (Lipinski definition) is 1. The van der Waals surface area contributed by atoms with Gasteiger partial charge in [0.15, 0.2) is 6.23 Å². The number of rotatable bonds is 3. The highest BCUT2D eigenvalue weighted by molar-refractivity contribution is 5.66. The average Bonchev–Trinajstić information content (AvgIpc) is 2.59. The summed E-state index contributed by atoms with van der Waals surface area (Å²) in [6.45, 7) is 0.324. The summed E-state index contributed by atoms with van der Waals surface area (Å²) in [5, 5.41) is 9.38. The number of halogens is 3. The molecule has 1 unspecified atom stereocenters. The van der Waals surface area contributed by atoms with Gasteiger partial charge in [0.2, 0.25) is 0 Å². The van der Waals surface area contributed by atoms with Gasteiger partial charge in [-0.1, -0.05) is 36.4 Å². The average molecular weight is 351 g/mol. The van der Waals surface area contributed by atoms with E-state index in [2.05, 4.69) is 0 Å². The Morgan fingerprint density at radius 3 is 2.48 bits per heavy atom. The minimum Gasteiger partial charge on any atom is -0.465 e. The van der Waals surface area contributed by atoms with Gasteiger partial charge in [0.1, 0.15) is 0 Å². The third kappa shape index (κ3) is 3.76. The summed E-state index contributed by atoms with van der Waals surface area (Å²) in [6.07, 6.45) is -5.65. The summed E-state index contributed by atoms with van der Waals surface area (Å²) in [6, 6.07) is 12.1. The van der Waals surface area contributed by atoms with Gasteiger partial charge in [0, 0.05) is 12.1 Å². The molecule has 0 aromatic heterocycles. The standard InChI is InChI=1S/C18H16F3NO3/c19-18(20,21)14-7-5-12(6-8-14)11-25-16-15-4-2-1-3-13(15)9-10-22(16)17(23)24/h1-8,16H,9-11H2,(H,23,24). The fourth-order valence-electron chi connectivity index (χ4n) is 2.87. The Morgan fingerprint density at radius 2 is 1.84 bits per heavy atom. The van der Waals surface area contributed by atoms with E-state index >= 15 is 0 Å². The molecule has 1 N–H and O–H groups in total. The van der Waals surface area contributed by atoms with Crippen LogP contribution in [0.3, 0.4) is 0 Å². The molecule has 1 amide bonds. The van der Waals surface area contributed by atoms with Gasteiger partial charge in [0.05, 0.1) is 12.2 Å². The van der Waals surface area contributed by atoms with Crippen LogP contribution in [0.4, 0.5) is 18.0 Å². The van der Waals surface area contributed by atoms with E-state index in [0.29, 0.717) is 18.5 Å². The minimum absolute atomic E-state index is 0.0148. The molecule has 0 radical (unpaired) electrons. The van der Waals surface area contributed by atoms with Gasteiger partial charge in [-0.3, -0.25) is 4.90 Å². The van der Waals surface area contributed by atoms with Gasteiger partial charge in [-0.2, -0.15) is 13.2 Å². The number of hydrogen-bond acceptors (Lipinski definition) is 2. The molecular weight excluding hydrogens is 335 g/mol. The monoisotopic (exact) mass is 351 g/mol. The second-order valence-corrected chi connectivity index (χ2v) is 5.78. The number of amides is 1. The van der Waals surface area contributed by atoms with Gasteiger partial charge >= 0.3 is 12.3 Å². The van der Waals surface area contributed by atoms with Crippen molar-refractivity contribution in [2.24, 2.45) is 0 Å². The lowest BCUT2D eigenvalue weighted by Crippen LogP contribution is -2.40. The van der Waals surface area contributed by atoms with Crippen LogP contribution in [-0.4, -0.2) is 22.6 Å². The van der Waals surface area contributed by atoms with Crippen LogP contribution in [0.5, 0.6) is 0 Å². The molecule has 0 saturated carbocycles. The van der Waals surface area contributed by atoms with Crippen molar-refractivity contribution in [1.82, 2.24) is 4.90 Å². The second-order valence-electron chi connectivity index (χ2n) is 5.78. The lowest BCUT2D eigenvalue weighted by molar-refractivity contribution is -0.137. The Balaban J connectivity index is 1.77. The van der Waals surface area contributed by atoms with Crippen LogP contribution >= 0.6 is 0 Å². The van der Waals surface area contributed by atoms with E-state index in [4.69, 9.17) is 4.74 Å². The molecule has 2 aromatic rings. The zero-order valence-electron chi connectivity index (χ0n) is 13.2. The van der Waals surface area contributed by atoms with Crippen LogP contribution in [0.15, 0.2) is 48.5 Å². The molecule has 25 heavy (non-hydrogen) atoms. The number of carboxylic acid groups (broad SMARTS) is 1. The molecule has 1 heterocycles. The van der Waals surface area contributed by atoms with Crippen molar-refractivity contribution in [1.29, 1.82) is 0 Å². The Hall–Kier alpha value is -2.54. The van der Waals surface area contributed by atoms with Crippen LogP contribution in [0.2, 0.25) is 0 Å². The topological polar surface area (TPSA) is 49.8 Å². The predicted octanol–water partition coefficient (Wildman–Crippen LogP) is 4.46. The maximum Gasteiger partial charge on any atom is 0.416 e. The fraction of sp³-hybridized carbons (Fsp3) is 0.278. The van der Waals surface area contributed by atoms with Crippen LogP contribution in [0.1, 0.15) is 28.5 Å². The van der Waals surface area contributed by atoms with E-state index in [1.54, 1.807) is 6.07 Å². The number of carbonyl (C=O) groups is 1. The van der Waals surface area contributed by atoms with Crippen molar-refractivity contribution >= 4 is 6.09 Å². The van der Waals surface area contributed by atoms with Gasteiger partial charge in [-0.15, -0.1) is 0 Å². The summed E-state index contributed by atoms with van der Waals surface area (Å²) in [5.74, 6) is 0. The van der Waals surface area contributed by atoms with Crippen molar-refractivity contribution < 1.29 is 27.8 Å². The molecule has 0 saturated heterocycles. The van der Waals surface area contributed by atoms with Crippen molar-refractivity contribution in [2.45, 2.75) is 25.4 Å². The second kappa shape index (κ2) is 6.76. The lowest BCUT2D eigenvalue weighted by Gasteiger charge is -2.35. The van der Waals surface area contributed by atoms with Crippen molar-refractivity contribution in [3.8, 4) is 0 Å². The zero-order valence-corrected chi connectivity index (χ0v) is 13.2. The number of fused-ring (bicyclic) bond motifs is 1. The molecule has 132 valence electrons. The normalized spacial score (nSPS) is 17.2. The van der Waals surface area contributed by atoms with Gasteiger partial charge in [-0.05, 0) is 29.7 Å². The Kier molecular flexibility index (Phi) is 4.67. The first-order valence-corrected chi connectivity index (χ1v) is 7.71. The lowest BCUT2D eigenvalue weighted by atomic mass is 9.98. The van der Waals surface area contributed by atoms with E-state index in [1.165, 1.54) is 17.0 Å². The van der Waals surface area contributed by atoms with E-state index in [-0.39, 0.29) is 6.61 Å². The van der Waals surface area contributed by atoms with Crippen molar-refractivity contribution in [3.05, 3.63) is 70.8 Å². The first-order chi connectivity index (χ1) is 11.9. The quantitative estimate of drug-likeness (QED) is 0.888. The number of alkyl halides is 3. The highest BCUT2D eigenvalue weighted by Gasteiger charge is 2.32.